The van der Waals surface area contributed by atoms with E-state index in [1.165, 1.54) is 0 Å². The summed E-state index contributed by atoms with van der Waals surface area (Å²) in [4.78, 5) is 37.0. The molecule has 0 spiro atoms. The molecule has 0 radical (unpaired) electrons. The van der Waals surface area contributed by atoms with Gasteiger partial charge in [-0.15, -0.1) is 0 Å². The van der Waals surface area contributed by atoms with Crippen molar-refractivity contribution in [1.82, 2.24) is 5.32 Å². The van der Waals surface area contributed by atoms with Gasteiger partial charge in [0, 0.05) is 13.2 Å². The summed E-state index contributed by atoms with van der Waals surface area (Å²) in [5.41, 5.74) is -1.25. The van der Waals surface area contributed by atoms with Gasteiger partial charge in [-0.1, -0.05) is 13.8 Å². The topological polar surface area (TPSA) is 100 Å². The molecule has 0 saturated heterocycles. The number of amides is 1. The number of hydrogen-bond donors (Lipinski definition) is 1. The van der Waals surface area contributed by atoms with Gasteiger partial charge < -0.3 is 29.1 Å². The predicted octanol–water partition coefficient (Wildman–Crippen LogP) is 3.61. The van der Waals surface area contributed by atoms with Crippen molar-refractivity contribution in [3.8, 4) is 0 Å². The number of aldehydes is 1. The maximum Gasteiger partial charge on any atom is 0.307 e. The lowest BCUT2D eigenvalue weighted by Crippen LogP contribution is -2.52. The minimum Gasteiger partial charge on any atom is -0.460 e. The van der Waals surface area contributed by atoms with Crippen LogP contribution in [0.25, 0.3) is 0 Å². The van der Waals surface area contributed by atoms with Crippen LogP contribution in [0.4, 0.5) is 0 Å². The van der Waals surface area contributed by atoms with E-state index in [9.17, 15) is 14.4 Å². The first-order chi connectivity index (χ1) is 14.1. The normalized spacial score (nSPS) is 14.8. The largest absolute Gasteiger partial charge is 0.460 e. The lowest BCUT2D eigenvalue weighted by Gasteiger charge is -2.39. The number of esters is 1. The SMILES string of the molecule is CCOC(CC(C=O)NC(=O)C(CC(=O)OC(C)(C)C)C(C)C)(OCC)OC(C)(C)C. The third kappa shape index (κ3) is 12.2. The predicted molar refractivity (Wildman–Crippen MR) is 118 cm³/mol. The van der Waals surface area contributed by atoms with E-state index < -0.39 is 41.0 Å². The molecule has 0 heterocycles. The molecule has 0 aromatic rings. The molecule has 0 aliphatic heterocycles. The molecule has 8 heteroatoms. The minimum absolute atomic E-state index is 0.0293. The van der Waals surface area contributed by atoms with Crippen molar-refractivity contribution in [3.63, 3.8) is 0 Å². The standard InChI is InChI=1S/C23H43NO7/c1-11-28-23(29-12-2,31-22(8,9)10)14-17(15-25)24-20(27)18(16(3)4)13-19(26)30-21(5,6)7/h15-18H,11-14H2,1-10H3,(H,24,27). The van der Waals surface area contributed by atoms with Crippen LogP contribution in [0.2, 0.25) is 0 Å². The fourth-order valence-corrected chi connectivity index (χ4v) is 3.05. The Bertz CT molecular complexity index is 569. The molecule has 1 amide bonds. The zero-order chi connectivity index (χ0) is 24.5. The van der Waals surface area contributed by atoms with E-state index >= 15 is 0 Å². The van der Waals surface area contributed by atoms with Gasteiger partial charge in [0.15, 0.2) is 0 Å². The monoisotopic (exact) mass is 445 g/mol. The smallest absolute Gasteiger partial charge is 0.307 e. The first kappa shape index (κ1) is 29.5. The molecule has 2 unspecified atom stereocenters. The van der Waals surface area contributed by atoms with Gasteiger partial charge in [-0.3, -0.25) is 9.59 Å². The summed E-state index contributed by atoms with van der Waals surface area (Å²) in [6, 6.07) is -0.923. The Balaban J connectivity index is 5.49. The maximum atomic E-state index is 12.9. The van der Waals surface area contributed by atoms with Crippen LogP contribution in [-0.2, 0) is 33.3 Å². The van der Waals surface area contributed by atoms with Crippen LogP contribution >= 0.6 is 0 Å². The molecule has 0 fully saturated rings. The second-order valence-electron chi connectivity index (χ2n) is 9.86. The summed E-state index contributed by atoms with van der Waals surface area (Å²) in [7, 11) is 0. The van der Waals surface area contributed by atoms with Crippen LogP contribution in [0.3, 0.4) is 0 Å². The van der Waals surface area contributed by atoms with Crippen LogP contribution in [0, 0.1) is 11.8 Å². The highest BCUT2D eigenvalue weighted by Crippen LogP contribution is 2.28. The highest BCUT2D eigenvalue weighted by molar-refractivity contribution is 5.86. The van der Waals surface area contributed by atoms with E-state index in [0.717, 1.165) is 0 Å². The zero-order valence-electron chi connectivity index (χ0n) is 21.0. The average Bonchev–Trinajstić information content (AvgIpc) is 2.56. The Kier molecular flexibility index (Phi) is 11.9. The number of rotatable bonds is 13. The Hall–Kier alpha value is -1.51. The third-order valence-corrected chi connectivity index (χ3v) is 4.10. The Morgan fingerprint density at radius 3 is 1.81 bits per heavy atom. The van der Waals surface area contributed by atoms with Crippen LogP contribution < -0.4 is 5.32 Å². The fourth-order valence-electron chi connectivity index (χ4n) is 3.05. The van der Waals surface area contributed by atoms with Gasteiger partial charge >= 0.3 is 5.97 Å². The summed E-state index contributed by atoms with van der Waals surface area (Å²) in [5, 5.41) is 2.72. The van der Waals surface area contributed by atoms with Crippen molar-refractivity contribution < 1.29 is 33.3 Å². The summed E-state index contributed by atoms with van der Waals surface area (Å²) >= 11 is 0. The quantitative estimate of drug-likeness (QED) is 0.263. The molecule has 1 N–H and O–H groups in total. The zero-order valence-corrected chi connectivity index (χ0v) is 21.0. The van der Waals surface area contributed by atoms with Gasteiger partial charge in [0.2, 0.25) is 5.91 Å². The molecule has 0 bridgehead atoms. The molecule has 0 rings (SSSR count). The Morgan fingerprint density at radius 1 is 0.935 bits per heavy atom. The molecule has 182 valence electrons. The number of ether oxygens (including phenoxy) is 4. The summed E-state index contributed by atoms with van der Waals surface area (Å²) in [6.45, 7) is 18.7. The molecule has 0 aliphatic rings. The average molecular weight is 446 g/mol. The van der Waals surface area contributed by atoms with Crippen molar-refractivity contribution in [3.05, 3.63) is 0 Å². The highest BCUT2D eigenvalue weighted by Gasteiger charge is 2.41. The van der Waals surface area contributed by atoms with E-state index in [4.69, 9.17) is 18.9 Å². The second kappa shape index (κ2) is 12.5. The van der Waals surface area contributed by atoms with Gasteiger partial charge in [-0.05, 0) is 61.3 Å². The molecule has 0 saturated carbocycles. The van der Waals surface area contributed by atoms with Gasteiger partial charge in [-0.25, -0.2) is 0 Å². The van der Waals surface area contributed by atoms with E-state index in [-0.39, 0.29) is 18.8 Å². The van der Waals surface area contributed by atoms with Gasteiger partial charge in [0.25, 0.3) is 5.97 Å². The lowest BCUT2D eigenvalue weighted by molar-refractivity contribution is -0.406. The summed E-state index contributed by atoms with van der Waals surface area (Å²) < 4.78 is 22.9. The van der Waals surface area contributed by atoms with Crippen LogP contribution in [0.15, 0.2) is 0 Å². The van der Waals surface area contributed by atoms with Gasteiger partial charge in [-0.2, -0.15) is 0 Å². The van der Waals surface area contributed by atoms with E-state index in [1.807, 2.05) is 34.6 Å². The number of carbonyl (C=O) groups excluding carboxylic acids is 3. The number of carbonyl (C=O) groups is 3. The Labute approximate surface area is 187 Å². The molecular formula is C23H43NO7. The van der Waals surface area contributed by atoms with Crippen molar-refractivity contribution >= 4 is 18.2 Å². The van der Waals surface area contributed by atoms with E-state index in [0.29, 0.717) is 19.5 Å². The molecule has 0 aromatic carbocycles. The van der Waals surface area contributed by atoms with Crippen molar-refractivity contribution in [2.24, 2.45) is 11.8 Å². The van der Waals surface area contributed by atoms with Crippen molar-refractivity contribution in [1.29, 1.82) is 0 Å². The molecule has 8 nitrogen and oxygen atoms in total. The van der Waals surface area contributed by atoms with E-state index in [1.54, 1.807) is 34.6 Å². The lowest BCUT2D eigenvalue weighted by atomic mass is 9.91. The molecule has 0 aliphatic carbocycles. The fraction of sp³-hybridized carbons (Fsp3) is 0.870. The number of hydrogen-bond acceptors (Lipinski definition) is 7. The van der Waals surface area contributed by atoms with Crippen LogP contribution in [-0.4, -0.2) is 54.6 Å². The molecule has 0 aromatic heterocycles. The first-order valence-corrected chi connectivity index (χ1v) is 11.0. The third-order valence-electron chi connectivity index (χ3n) is 4.10. The molecular weight excluding hydrogens is 402 g/mol. The van der Waals surface area contributed by atoms with Crippen LogP contribution in [0.5, 0.6) is 0 Å². The minimum atomic E-state index is -1.49. The van der Waals surface area contributed by atoms with Crippen molar-refractivity contribution in [2.75, 3.05) is 13.2 Å². The summed E-state index contributed by atoms with van der Waals surface area (Å²) in [6.07, 6.45) is 0.521. The summed E-state index contributed by atoms with van der Waals surface area (Å²) in [5.74, 6) is -3.13. The van der Waals surface area contributed by atoms with Gasteiger partial charge in [0.1, 0.15) is 11.9 Å². The second-order valence-corrected chi connectivity index (χ2v) is 9.86. The highest BCUT2D eigenvalue weighted by atomic mass is 16.9. The van der Waals surface area contributed by atoms with Crippen LogP contribution in [0.1, 0.15) is 82.1 Å². The molecule has 2 atom stereocenters. The first-order valence-electron chi connectivity index (χ1n) is 11.0. The van der Waals surface area contributed by atoms with E-state index in [2.05, 4.69) is 5.32 Å². The number of nitrogens with one attached hydrogen (secondary N) is 1. The Morgan fingerprint density at radius 2 is 1.45 bits per heavy atom. The molecule has 31 heavy (non-hydrogen) atoms. The van der Waals surface area contributed by atoms with Gasteiger partial charge in [0.05, 0.1) is 30.4 Å². The maximum absolute atomic E-state index is 12.9. The van der Waals surface area contributed by atoms with Crippen molar-refractivity contribution in [2.45, 2.75) is 105 Å².